The molecule has 0 radical (unpaired) electrons. The van der Waals surface area contributed by atoms with Crippen molar-refractivity contribution in [2.24, 2.45) is 5.92 Å². The summed E-state index contributed by atoms with van der Waals surface area (Å²) < 4.78 is 10.5. The molecule has 0 aliphatic heterocycles. The summed E-state index contributed by atoms with van der Waals surface area (Å²) in [5, 5.41) is 6.05. The number of pyridine rings is 2. The minimum atomic E-state index is -0.492. The first-order valence-electron chi connectivity index (χ1n) is 8.94. The second kappa shape index (κ2) is 9.21. The summed E-state index contributed by atoms with van der Waals surface area (Å²) in [6, 6.07) is 7.69. The van der Waals surface area contributed by atoms with Gasteiger partial charge in [0.25, 0.3) is 0 Å². The summed E-state index contributed by atoms with van der Waals surface area (Å²) in [6.45, 7) is 8.76. The van der Waals surface area contributed by atoms with Gasteiger partial charge in [-0.2, -0.15) is 0 Å². The second-order valence-corrected chi connectivity index (χ2v) is 7.36. The summed E-state index contributed by atoms with van der Waals surface area (Å²) in [6.07, 6.45) is 3.08. The van der Waals surface area contributed by atoms with E-state index in [-0.39, 0.29) is 5.92 Å². The van der Waals surface area contributed by atoms with Gasteiger partial charge in [0.05, 0.1) is 7.11 Å². The van der Waals surface area contributed by atoms with Crippen LogP contribution in [0.1, 0.15) is 27.7 Å². The highest BCUT2D eigenvalue weighted by atomic mass is 16.6. The van der Waals surface area contributed by atoms with Crippen LogP contribution in [0.3, 0.4) is 0 Å². The van der Waals surface area contributed by atoms with Crippen molar-refractivity contribution < 1.29 is 14.3 Å². The van der Waals surface area contributed by atoms with E-state index in [1.807, 2.05) is 52.0 Å². The summed E-state index contributed by atoms with van der Waals surface area (Å²) in [4.78, 5) is 20.3. The predicted octanol–water partition coefficient (Wildman–Crippen LogP) is 3.72. The molecular formula is C20H28N4O3. The first-order chi connectivity index (χ1) is 12.8. The lowest BCUT2D eigenvalue weighted by molar-refractivity contribution is 0.0521. The number of anilines is 1. The van der Waals surface area contributed by atoms with Crippen LogP contribution in [-0.2, 0) is 4.74 Å². The monoisotopic (exact) mass is 372 g/mol. The summed E-state index contributed by atoms with van der Waals surface area (Å²) in [5.74, 6) is 1.56. The van der Waals surface area contributed by atoms with Gasteiger partial charge in [-0.25, -0.2) is 14.8 Å². The molecule has 2 N–H and O–H groups in total. The standard InChI is InChI=1S/C20H28N4O3/c1-14(12-24-19(25)27-20(2,3)4)11-22-17-9-8-15(13-23-17)16-7-6-10-21-18(16)26-5/h6-10,13-14H,11-12H2,1-5H3,(H,22,23)(H,24,25). The molecular weight excluding hydrogens is 344 g/mol. The van der Waals surface area contributed by atoms with Crippen molar-refractivity contribution in [2.45, 2.75) is 33.3 Å². The van der Waals surface area contributed by atoms with Crippen molar-refractivity contribution in [3.05, 3.63) is 36.7 Å². The average Bonchev–Trinajstić information content (AvgIpc) is 2.63. The molecule has 1 amide bonds. The van der Waals surface area contributed by atoms with Crippen molar-refractivity contribution in [1.29, 1.82) is 0 Å². The number of nitrogens with one attached hydrogen (secondary N) is 2. The highest BCUT2D eigenvalue weighted by molar-refractivity contribution is 5.68. The largest absolute Gasteiger partial charge is 0.481 e. The lowest BCUT2D eigenvalue weighted by Gasteiger charge is -2.21. The minimum absolute atomic E-state index is 0.220. The Balaban J connectivity index is 1.83. The number of rotatable bonds is 7. The fraction of sp³-hybridized carbons (Fsp3) is 0.450. The fourth-order valence-corrected chi connectivity index (χ4v) is 2.35. The van der Waals surface area contributed by atoms with Crippen LogP contribution < -0.4 is 15.4 Å². The Kier molecular flexibility index (Phi) is 6.98. The predicted molar refractivity (Wildman–Crippen MR) is 106 cm³/mol. The molecule has 2 rings (SSSR count). The molecule has 1 atom stereocenters. The Morgan fingerprint density at radius 3 is 2.59 bits per heavy atom. The van der Waals surface area contributed by atoms with E-state index < -0.39 is 11.7 Å². The third-order valence-electron chi connectivity index (χ3n) is 3.66. The molecule has 0 aliphatic carbocycles. The second-order valence-electron chi connectivity index (χ2n) is 7.36. The number of alkyl carbamates (subject to hydrolysis) is 1. The molecule has 0 spiro atoms. The molecule has 0 saturated heterocycles. The van der Waals surface area contributed by atoms with Gasteiger partial charge in [0.2, 0.25) is 5.88 Å². The zero-order valence-electron chi connectivity index (χ0n) is 16.6. The van der Waals surface area contributed by atoms with E-state index in [0.717, 1.165) is 16.9 Å². The maximum atomic E-state index is 11.7. The first kappa shape index (κ1) is 20.5. The molecule has 2 aromatic rings. The van der Waals surface area contributed by atoms with Crippen LogP contribution in [0.2, 0.25) is 0 Å². The molecule has 0 aliphatic rings. The number of carbonyl (C=O) groups excluding carboxylic acids is 1. The van der Waals surface area contributed by atoms with Crippen LogP contribution in [0.4, 0.5) is 10.6 Å². The third-order valence-corrected chi connectivity index (χ3v) is 3.66. The number of hydrogen-bond donors (Lipinski definition) is 2. The van der Waals surface area contributed by atoms with Crippen LogP contribution in [0, 0.1) is 5.92 Å². The van der Waals surface area contributed by atoms with E-state index in [1.54, 1.807) is 19.5 Å². The van der Waals surface area contributed by atoms with E-state index in [2.05, 4.69) is 20.6 Å². The molecule has 0 fully saturated rings. The van der Waals surface area contributed by atoms with Crippen molar-refractivity contribution in [3.63, 3.8) is 0 Å². The molecule has 0 saturated carbocycles. The molecule has 2 heterocycles. The molecule has 2 aromatic heterocycles. The zero-order valence-corrected chi connectivity index (χ0v) is 16.6. The van der Waals surface area contributed by atoms with Crippen LogP contribution in [0.25, 0.3) is 11.1 Å². The maximum Gasteiger partial charge on any atom is 0.407 e. The van der Waals surface area contributed by atoms with Gasteiger partial charge in [-0.15, -0.1) is 0 Å². The third kappa shape index (κ3) is 6.77. The average molecular weight is 372 g/mol. The molecule has 0 bridgehead atoms. The van der Waals surface area contributed by atoms with Gasteiger partial charge in [0.1, 0.15) is 11.4 Å². The smallest absolute Gasteiger partial charge is 0.407 e. The molecule has 7 heteroatoms. The quantitative estimate of drug-likeness (QED) is 0.770. The number of aromatic nitrogens is 2. The van der Waals surface area contributed by atoms with Crippen LogP contribution in [-0.4, -0.2) is 41.9 Å². The van der Waals surface area contributed by atoms with Gasteiger partial charge in [-0.05, 0) is 51.0 Å². The number of amides is 1. The first-order valence-corrected chi connectivity index (χ1v) is 8.94. The van der Waals surface area contributed by atoms with Gasteiger partial charge in [-0.3, -0.25) is 0 Å². The summed E-state index contributed by atoms with van der Waals surface area (Å²) >= 11 is 0. The highest BCUT2D eigenvalue weighted by Crippen LogP contribution is 2.27. The van der Waals surface area contributed by atoms with Crippen LogP contribution >= 0.6 is 0 Å². The number of methoxy groups -OCH3 is 1. The van der Waals surface area contributed by atoms with E-state index in [0.29, 0.717) is 19.0 Å². The maximum absolute atomic E-state index is 11.7. The Morgan fingerprint density at radius 2 is 1.96 bits per heavy atom. The lowest BCUT2D eigenvalue weighted by atomic mass is 10.1. The molecule has 27 heavy (non-hydrogen) atoms. The summed E-state index contributed by atoms with van der Waals surface area (Å²) in [5.41, 5.74) is 1.34. The SMILES string of the molecule is COc1ncccc1-c1ccc(NCC(C)CNC(=O)OC(C)(C)C)nc1. The van der Waals surface area contributed by atoms with E-state index >= 15 is 0 Å². The number of ether oxygens (including phenoxy) is 2. The van der Waals surface area contributed by atoms with Gasteiger partial charge in [0, 0.05) is 36.6 Å². The van der Waals surface area contributed by atoms with Crippen molar-refractivity contribution in [3.8, 4) is 17.0 Å². The zero-order chi connectivity index (χ0) is 19.9. The Labute approximate surface area is 160 Å². The molecule has 7 nitrogen and oxygen atoms in total. The number of carbonyl (C=O) groups is 1. The van der Waals surface area contributed by atoms with Crippen LogP contribution in [0.5, 0.6) is 5.88 Å². The van der Waals surface area contributed by atoms with E-state index in [9.17, 15) is 4.79 Å². The fourth-order valence-electron chi connectivity index (χ4n) is 2.35. The Hall–Kier alpha value is -2.83. The van der Waals surface area contributed by atoms with Gasteiger partial charge in [-0.1, -0.05) is 6.92 Å². The highest BCUT2D eigenvalue weighted by Gasteiger charge is 2.16. The number of nitrogens with zero attached hydrogens (tertiary/aromatic N) is 2. The van der Waals surface area contributed by atoms with Gasteiger partial charge >= 0.3 is 6.09 Å². The molecule has 146 valence electrons. The molecule has 1 unspecified atom stereocenters. The van der Waals surface area contributed by atoms with Crippen molar-refractivity contribution in [1.82, 2.24) is 15.3 Å². The normalized spacial score (nSPS) is 12.2. The lowest BCUT2D eigenvalue weighted by Crippen LogP contribution is -2.36. The van der Waals surface area contributed by atoms with Crippen LogP contribution in [0.15, 0.2) is 36.7 Å². The van der Waals surface area contributed by atoms with E-state index in [4.69, 9.17) is 9.47 Å². The van der Waals surface area contributed by atoms with Gasteiger partial charge < -0.3 is 20.1 Å². The van der Waals surface area contributed by atoms with Crippen molar-refractivity contribution >= 4 is 11.9 Å². The number of hydrogen-bond acceptors (Lipinski definition) is 6. The van der Waals surface area contributed by atoms with Gasteiger partial charge in [0.15, 0.2) is 0 Å². The Bertz CT molecular complexity index is 742. The molecule has 0 aromatic carbocycles. The topological polar surface area (TPSA) is 85.4 Å². The summed E-state index contributed by atoms with van der Waals surface area (Å²) in [7, 11) is 1.60. The van der Waals surface area contributed by atoms with Crippen molar-refractivity contribution in [2.75, 3.05) is 25.5 Å². The van der Waals surface area contributed by atoms with E-state index in [1.165, 1.54) is 0 Å². The Morgan fingerprint density at radius 1 is 1.19 bits per heavy atom. The minimum Gasteiger partial charge on any atom is -0.481 e.